The van der Waals surface area contributed by atoms with Crippen molar-refractivity contribution >= 4 is 23.1 Å². The number of anilines is 3. The number of imidazole rings is 1. The Hall–Kier alpha value is -4.79. The maximum atomic E-state index is 12.5. The molecule has 2 aromatic carbocycles. The van der Waals surface area contributed by atoms with Crippen molar-refractivity contribution < 1.29 is 9.32 Å². The molecule has 9 nitrogen and oxygen atoms in total. The summed E-state index contributed by atoms with van der Waals surface area (Å²) in [6, 6.07) is 20.2. The van der Waals surface area contributed by atoms with Crippen molar-refractivity contribution in [1.82, 2.24) is 24.7 Å². The van der Waals surface area contributed by atoms with Crippen LogP contribution in [0.5, 0.6) is 0 Å². The van der Waals surface area contributed by atoms with E-state index >= 15 is 0 Å². The van der Waals surface area contributed by atoms with E-state index in [1.807, 2.05) is 48.5 Å². The van der Waals surface area contributed by atoms with E-state index in [1.165, 1.54) is 6.33 Å². The lowest BCUT2D eigenvalue weighted by Gasteiger charge is -2.08. The highest BCUT2D eigenvalue weighted by Gasteiger charge is 2.14. The highest BCUT2D eigenvalue weighted by atomic mass is 16.5. The van der Waals surface area contributed by atoms with Crippen LogP contribution in [0.1, 0.15) is 10.5 Å². The second-order valence-corrected chi connectivity index (χ2v) is 6.83. The molecule has 0 radical (unpaired) electrons. The second-order valence-electron chi connectivity index (χ2n) is 6.83. The lowest BCUT2D eigenvalue weighted by molar-refractivity contribution is 0.101. The maximum Gasteiger partial charge on any atom is 0.277 e. The molecular formula is C23H17N7O2. The van der Waals surface area contributed by atoms with Gasteiger partial charge >= 0.3 is 0 Å². The quantitative estimate of drug-likeness (QED) is 0.418. The monoisotopic (exact) mass is 423 g/mol. The molecule has 5 rings (SSSR count). The zero-order chi connectivity index (χ0) is 21.8. The average molecular weight is 423 g/mol. The number of hydrogen-bond donors (Lipinski definition) is 2. The van der Waals surface area contributed by atoms with E-state index in [4.69, 9.17) is 4.52 Å². The highest BCUT2D eigenvalue weighted by molar-refractivity contribution is 6.03. The summed E-state index contributed by atoms with van der Waals surface area (Å²) in [4.78, 5) is 25.0. The summed E-state index contributed by atoms with van der Waals surface area (Å²) in [6.07, 6.45) is 6.64. The number of rotatable bonds is 6. The molecule has 0 saturated heterocycles. The Kier molecular flexibility index (Phi) is 5.11. The molecule has 3 heterocycles. The zero-order valence-corrected chi connectivity index (χ0v) is 16.7. The van der Waals surface area contributed by atoms with Gasteiger partial charge in [-0.1, -0.05) is 35.5 Å². The standard InChI is InChI=1S/C23H17N7O2/c31-23(19-12-20(32-29-19)16-4-2-1-3-5-16)28-18-8-6-17(7-9-18)27-21-13-22(26-14-25-21)30-11-10-24-15-30/h1-15H,(H,28,31)(H,25,26,27). The van der Waals surface area contributed by atoms with Gasteiger partial charge in [0.05, 0.1) is 0 Å². The molecule has 0 fully saturated rings. The van der Waals surface area contributed by atoms with E-state index in [0.717, 1.165) is 11.3 Å². The number of nitrogens with one attached hydrogen (secondary N) is 2. The number of benzene rings is 2. The number of carbonyl (C=O) groups excluding carboxylic acids is 1. The summed E-state index contributed by atoms with van der Waals surface area (Å²) in [7, 11) is 0. The lowest BCUT2D eigenvalue weighted by atomic mass is 10.1. The van der Waals surface area contributed by atoms with Crippen molar-refractivity contribution in [2.45, 2.75) is 0 Å². The smallest absolute Gasteiger partial charge is 0.277 e. The van der Waals surface area contributed by atoms with Crippen LogP contribution in [0.25, 0.3) is 17.1 Å². The number of carbonyl (C=O) groups is 1. The predicted molar refractivity (Wildman–Crippen MR) is 119 cm³/mol. The molecule has 156 valence electrons. The van der Waals surface area contributed by atoms with Gasteiger partial charge in [0, 0.05) is 41.5 Å². The molecule has 32 heavy (non-hydrogen) atoms. The first-order chi connectivity index (χ1) is 15.7. The van der Waals surface area contributed by atoms with E-state index in [-0.39, 0.29) is 11.6 Å². The van der Waals surface area contributed by atoms with Gasteiger partial charge in [-0.25, -0.2) is 15.0 Å². The van der Waals surface area contributed by atoms with Crippen LogP contribution < -0.4 is 10.6 Å². The van der Waals surface area contributed by atoms with Gasteiger partial charge in [-0.2, -0.15) is 0 Å². The van der Waals surface area contributed by atoms with Crippen molar-refractivity contribution in [2.75, 3.05) is 10.6 Å². The van der Waals surface area contributed by atoms with Crippen LogP contribution >= 0.6 is 0 Å². The Labute approximate surface area is 182 Å². The molecule has 0 bridgehead atoms. The molecule has 0 aliphatic carbocycles. The molecule has 9 heteroatoms. The van der Waals surface area contributed by atoms with Crippen LogP contribution in [0.2, 0.25) is 0 Å². The Balaban J connectivity index is 1.24. The SMILES string of the molecule is O=C(Nc1ccc(Nc2cc(-n3ccnc3)ncn2)cc1)c1cc(-c2ccccc2)on1. The Morgan fingerprint density at radius 3 is 2.53 bits per heavy atom. The summed E-state index contributed by atoms with van der Waals surface area (Å²) < 4.78 is 7.08. The van der Waals surface area contributed by atoms with Crippen molar-refractivity contribution in [2.24, 2.45) is 0 Å². The van der Waals surface area contributed by atoms with Crippen molar-refractivity contribution in [3.05, 3.63) is 97.5 Å². The molecule has 0 spiro atoms. The first kappa shape index (κ1) is 19.2. The third-order valence-corrected chi connectivity index (χ3v) is 4.64. The van der Waals surface area contributed by atoms with Gasteiger partial charge in [-0.15, -0.1) is 0 Å². The third kappa shape index (κ3) is 4.21. The van der Waals surface area contributed by atoms with Gasteiger partial charge in [0.25, 0.3) is 5.91 Å². The Morgan fingerprint density at radius 2 is 1.75 bits per heavy atom. The molecule has 0 saturated carbocycles. The summed E-state index contributed by atoms with van der Waals surface area (Å²) in [6.45, 7) is 0. The first-order valence-corrected chi connectivity index (χ1v) is 9.75. The van der Waals surface area contributed by atoms with Crippen LogP contribution in [0.4, 0.5) is 17.2 Å². The summed E-state index contributed by atoms with van der Waals surface area (Å²) in [5.41, 5.74) is 2.51. The normalized spacial score (nSPS) is 10.6. The van der Waals surface area contributed by atoms with Gasteiger partial charge in [-0.3, -0.25) is 9.36 Å². The van der Waals surface area contributed by atoms with Gasteiger partial charge in [0.2, 0.25) is 0 Å². The van der Waals surface area contributed by atoms with Crippen LogP contribution in [-0.2, 0) is 0 Å². The zero-order valence-electron chi connectivity index (χ0n) is 16.7. The fraction of sp³-hybridized carbons (Fsp3) is 0. The molecule has 0 unspecified atom stereocenters. The fourth-order valence-electron chi connectivity index (χ4n) is 3.05. The highest BCUT2D eigenvalue weighted by Crippen LogP contribution is 2.22. The Bertz CT molecular complexity index is 1330. The van der Waals surface area contributed by atoms with E-state index in [1.54, 1.807) is 41.5 Å². The van der Waals surface area contributed by atoms with Gasteiger partial charge < -0.3 is 15.2 Å². The van der Waals surface area contributed by atoms with Crippen LogP contribution in [0, 0.1) is 0 Å². The van der Waals surface area contributed by atoms with E-state index < -0.39 is 0 Å². The van der Waals surface area contributed by atoms with E-state index in [2.05, 4.69) is 30.7 Å². The lowest BCUT2D eigenvalue weighted by Crippen LogP contribution is -2.12. The van der Waals surface area contributed by atoms with Gasteiger partial charge in [-0.05, 0) is 24.3 Å². The molecule has 0 aliphatic rings. The van der Waals surface area contributed by atoms with E-state index in [9.17, 15) is 4.79 Å². The number of nitrogens with zero attached hydrogens (tertiary/aromatic N) is 5. The van der Waals surface area contributed by atoms with Gasteiger partial charge in [0.1, 0.15) is 24.3 Å². The molecule has 0 aliphatic heterocycles. The van der Waals surface area contributed by atoms with Crippen LogP contribution in [0.3, 0.4) is 0 Å². The van der Waals surface area contributed by atoms with Crippen molar-refractivity contribution in [1.29, 1.82) is 0 Å². The maximum absolute atomic E-state index is 12.5. The number of aromatic nitrogens is 5. The average Bonchev–Trinajstić information content (AvgIpc) is 3.54. The topological polar surface area (TPSA) is 111 Å². The van der Waals surface area contributed by atoms with Crippen LogP contribution in [-0.4, -0.2) is 30.6 Å². The number of amides is 1. The molecule has 2 N–H and O–H groups in total. The number of hydrogen-bond acceptors (Lipinski definition) is 7. The summed E-state index contributed by atoms with van der Waals surface area (Å²) in [5, 5.41) is 9.90. The summed E-state index contributed by atoms with van der Waals surface area (Å²) >= 11 is 0. The largest absolute Gasteiger partial charge is 0.355 e. The first-order valence-electron chi connectivity index (χ1n) is 9.75. The predicted octanol–water partition coefficient (Wildman–Crippen LogP) is 4.31. The molecule has 3 aromatic heterocycles. The minimum atomic E-state index is -0.350. The fourth-order valence-corrected chi connectivity index (χ4v) is 3.05. The molecule has 1 amide bonds. The van der Waals surface area contributed by atoms with E-state index in [0.29, 0.717) is 23.1 Å². The molecule has 0 atom stereocenters. The van der Waals surface area contributed by atoms with Crippen molar-refractivity contribution in [3.8, 4) is 17.1 Å². The minimum Gasteiger partial charge on any atom is -0.355 e. The second kappa shape index (κ2) is 8.52. The van der Waals surface area contributed by atoms with Crippen LogP contribution in [0.15, 0.2) is 96.3 Å². The molecule has 5 aromatic rings. The van der Waals surface area contributed by atoms with Crippen molar-refractivity contribution in [3.63, 3.8) is 0 Å². The molecular weight excluding hydrogens is 406 g/mol. The third-order valence-electron chi connectivity index (χ3n) is 4.64. The summed E-state index contributed by atoms with van der Waals surface area (Å²) in [5.74, 6) is 1.52. The van der Waals surface area contributed by atoms with Gasteiger partial charge in [0.15, 0.2) is 11.5 Å². The minimum absolute atomic E-state index is 0.207. The Morgan fingerprint density at radius 1 is 0.938 bits per heavy atom.